The molecule has 0 spiro atoms. The molecule has 1 atom stereocenters. The van der Waals surface area contributed by atoms with Gasteiger partial charge in [0.05, 0.1) is 10.8 Å². The lowest BCUT2D eigenvalue weighted by Crippen LogP contribution is -2.43. The fourth-order valence-electron chi connectivity index (χ4n) is 3.56. The third-order valence-electron chi connectivity index (χ3n) is 5.19. The zero-order valence-electron chi connectivity index (χ0n) is 16.1. The number of halogens is 1. The highest BCUT2D eigenvalue weighted by molar-refractivity contribution is 9.10. The number of carbonyl (C=O) groups excluding carboxylic acids is 1. The molecule has 3 rings (SSSR count). The van der Waals surface area contributed by atoms with Crippen molar-refractivity contribution in [1.82, 2.24) is 4.31 Å². The van der Waals surface area contributed by atoms with Gasteiger partial charge in [0, 0.05) is 23.2 Å². The molecule has 1 saturated heterocycles. The zero-order valence-corrected chi connectivity index (χ0v) is 18.5. The van der Waals surface area contributed by atoms with Crippen molar-refractivity contribution >= 4 is 37.5 Å². The number of rotatable bonds is 5. The van der Waals surface area contributed by atoms with Gasteiger partial charge in [-0.15, -0.1) is 0 Å². The predicted molar refractivity (Wildman–Crippen MR) is 115 cm³/mol. The Morgan fingerprint density at radius 3 is 2.61 bits per heavy atom. The Hall–Kier alpha value is -1.70. The summed E-state index contributed by atoms with van der Waals surface area (Å²) < 4.78 is 28.2. The van der Waals surface area contributed by atoms with E-state index in [2.05, 4.69) is 28.2 Å². The van der Waals surface area contributed by atoms with E-state index in [9.17, 15) is 13.2 Å². The van der Waals surface area contributed by atoms with Crippen molar-refractivity contribution in [3.05, 3.63) is 58.1 Å². The van der Waals surface area contributed by atoms with Crippen LogP contribution >= 0.6 is 15.9 Å². The first-order valence-corrected chi connectivity index (χ1v) is 11.7. The SMILES string of the molecule is CCc1cccc(C)c1NC(=O)[C@H]1CCCN(S(=O)(=O)c2ccc(Br)cc2)C1. The number of hydrogen-bond acceptors (Lipinski definition) is 3. The van der Waals surface area contributed by atoms with E-state index in [1.807, 2.05) is 25.1 Å². The molecule has 1 amide bonds. The highest BCUT2D eigenvalue weighted by atomic mass is 79.9. The lowest BCUT2D eigenvalue weighted by Gasteiger charge is -2.31. The molecule has 0 aromatic heterocycles. The third-order valence-corrected chi connectivity index (χ3v) is 7.60. The summed E-state index contributed by atoms with van der Waals surface area (Å²) in [5.41, 5.74) is 2.95. The summed E-state index contributed by atoms with van der Waals surface area (Å²) >= 11 is 3.32. The van der Waals surface area contributed by atoms with Crippen LogP contribution in [0.15, 0.2) is 51.8 Å². The summed E-state index contributed by atoms with van der Waals surface area (Å²) in [7, 11) is -3.61. The maximum atomic E-state index is 13.0. The van der Waals surface area contributed by atoms with Crippen LogP contribution in [0.1, 0.15) is 30.9 Å². The van der Waals surface area contributed by atoms with E-state index in [4.69, 9.17) is 0 Å². The lowest BCUT2D eigenvalue weighted by atomic mass is 9.98. The Morgan fingerprint density at radius 1 is 1.21 bits per heavy atom. The third kappa shape index (κ3) is 4.47. The van der Waals surface area contributed by atoms with E-state index < -0.39 is 10.0 Å². The molecule has 28 heavy (non-hydrogen) atoms. The van der Waals surface area contributed by atoms with Gasteiger partial charge in [0.15, 0.2) is 0 Å². The fourth-order valence-corrected chi connectivity index (χ4v) is 5.35. The maximum absolute atomic E-state index is 13.0. The Bertz CT molecular complexity index is 958. The second-order valence-electron chi connectivity index (χ2n) is 7.11. The molecule has 0 unspecified atom stereocenters. The number of sulfonamides is 1. The predicted octanol–water partition coefficient (Wildman–Crippen LogP) is 4.36. The number of piperidine rings is 1. The average molecular weight is 465 g/mol. The molecule has 1 aliphatic rings. The number of carbonyl (C=O) groups is 1. The van der Waals surface area contributed by atoms with Crippen molar-refractivity contribution in [1.29, 1.82) is 0 Å². The molecular weight excluding hydrogens is 440 g/mol. The van der Waals surface area contributed by atoms with Gasteiger partial charge >= 0.3 is 0 Å². The first kappa shape index (κ1) is 21.0. The summed E-state index contributed by atoms with van der Waals surface area (Å²) in [6.45, 7) is 4.67. The van der Waals surface area contributed by atoms with Gasteiger partial charge < -0.3 is 5.32 Å². The van der Waals surface area contributed by atoms with Crippen LogP contribution in [-0.2, 0) is 21.2 Å². The number of amides is 1. The van der Waals surface area contributed by atoms with Gasteiger partial charge in [0.2, 0.25) is 15.9 Å². The molecule has 0 saturated carbocycles. The largest absolute Gasteiger partial charge is 0.325 e. The van der Waals surface area contributed by atoms with Gasteiger partial charge in [-0.25, -0.2) is 8.42 Å². The Labute approximate surface area is 175 Å². The molecule has 7 heteroatoms. The van der Waals surface area contributed by atoms with Gasteiger partial charge in [0.1, 0.15) is 0 Å². The highest BCUT2D eigenvalue weighted by Crippen LogP contribution is 2.27. The maximum Gasteiger partial charge on any atom is 0.243 e. The van der Waals surface area contributed by atoms with Crippen LogP contribution in [-0.4, -0.2) is 31.7 Å². The van der Waals surface area contributed by atoms with Crippen LogP contribution in [0.25, 0.3) is 0 Å². The number of nitrogens with one attached hydrogen (secondary N) is 1. The normalized spacial score (nSPS) is 18.0. The van der Waals surface area contributed by atoms with E-state index in [0.29, 0.717) is 19.4 Å². The van der Waals surface area contributed by atoms with Crippen LogP contribution in [0.2, 0.25) is 0 Å². The monoisotopic (exact) mass is 464 g/mol. The van der Waals surface area contributed by atoms with Gasteiger partial charge in [0.25, 0.3) is 0 Å². The van der Waals surface area contributed by atoms with Gasteiger partial charge in [-0.1, -0.05) is 41.1 Å². The molecule has 1 aliphatic heterocycles. The summed E-state index contributed by atoms with van der Waals surface area (Å²) in [4.78, 5) is 13.2. The Balaban J connectivity index is 1.76. The molecule has 1 N–H and O–H groups in total. The number of aryl methyl sites for hydroxylation is 2. The molecular formula is C21H25BrN2O3S. The first-order valence-electron chi connectivity index (χ1n) is 9.48. The van der Waals surface area contributed by atoms with Crippen LogP contribution < -0.4 is 5.32 Å². The standard InChI is InChI=1S/C21H25BrN2O3S/c1-3-16-7-4-6-15(2)20(16)23-21(25)17-8-5-13-24(14-17)28(26,27)19-11-9-18(22)10-12-19/h4,6-7,9-12,17H,3,5,8,13-14H2,1-2H3,(H,23,25)/t17-/m0/s1. The Morgan fingerprint density at radius 2 is 1.93 bits per heavy atom. The molecule has 0 bridgehead atoms. The van der Waals surface area contributed by atoms with Crippen molar-refractivity contribution in [3.63, 3.8) is 0 Å². The minimum atomic E-state index is -3.61. The number of nitrogens with zero attached hydrogens (tertiary/aromatic N) is 1. The second-order valence-corrected chi connectivity index (χ2v) is 9.96. The van der Waals surface area contributed by atoms with Crippen molar-refractivity contribution in [3.8, 4) is 0 Å². The number of para-hydroxylation sites is 1. The summed E-state index contributed by atoms with van der Waals surface area (Å²) in [6, 6.07) is 12.6. The molecule has 1 heterocycles. The van der Waals surface area contributed by atoms with E-state index in [1.54, 1.807) is 24.3 Å². The molecule has 0 aliphatic carbocycles. The summed E-state index contributed by atoms with van der Waals surface area (Å²) in [5.74, 6) is -0.469. The van der Waals surface area contributed by atoms with Crippen LogP contribution in [0, 0.1) is 12.8 Å². The minimum Gasteiger partial charge on any atom is -0.325 e. The van der Waals surface area contributed by atoms with E-state index >= 15 is 0 Å². The second kappa shape index (κ2) is 8.76. The van der Waals surface area contributed by atoms with Crippen LogP contribution in [0.3, 0.4) is 0 Å². The van der Waals surface area contributed by atoms with Crippen molar-refractivity contribution in [2.45, 2.75) is 38.0 Å². The van der Waals surface area contributed by atoms with Gasteiger partial charge in [-0.2, -0.15) is 4.31 Å². The van der Waals surface area contributed by atoms with Gasteiger partial charge in [-0.05, 0) is 61.6 Å². The van der Waals surface area contributed by atoms with Crippen molar-refractivity contribution in [2.75, 3.05) is 18.4 Å². The average Bonchev–Trinajstić information content (AvgIpc) is 2.70. The van der Waals surface area contributed by atoms with Crippen LogP contribution in [0.5, 0.6) is 0 Å². The molecule has 5 nitrogen and oxygen atoms in total. The number of anilines is 1. The summed E-state index contributed by atoms with van der Waals surface area (Å²) in [5, 5.41) is 3.05. The Kier molecular flexibility index (Phi) is 6.58. The van der Waals surface area contributed by atoms with E-state index in [0.717, 1.165) is 27.7 Å². The van der Waals surface area contributed by atoms with Gasteiger partial charge in [-0.3, -0.25) is 4.79 Å². The van der Waals surface area contributed by atoms with Crippen LogP contribution in [0.4, 0.5) is 5.69 Å². The fraction of sp³-hybridized carbons (Fsp3) is 0.381. The molecule has 0 radical (unpaired) electrons. The van der Waals surface area contributed by atoms with Crippen molar-refractivity contribution < 1.29 is 13.2 Å². The first-order chi connectivity index (χ1) is 13.3. The number of hydrogen-bond donors (Lipinski definition) is 1. The molecule has 1 fully saturated rings. The smallest absolute Gasteiger partial charge is 0.243 e. The lowest BCUT2D eigenvalue weighted by molar-refractivity contribution is -0.120. The van der Waals surface area contributed by atoms with E-state index in [1.165, 1.54) is 4.31 Å². The topological polar surface area (TPSA) is 66.5 Å². The zero-order chi connectivity index (χ0) is 20.3. The molecule has 2 aromatic rings. The molecule has 150 valence electrons. The number of benzene rings is 2. The molecule has 2 aromatic carbocycles. The quantitative estimate of drug-likeness (QED) is 0.714. The summed E-state index contributed by atoms with van der Waals surface area (Å²) in [6.07, 6.45) is 2.18. The minimum absolute atomic E-state index is 0.111. The van der Waals surface area contributed by atoms with E-state index in [-0.39, 0.29) is 23.3 Å². The highest BCUT2D eigenvalue weighted by Gasteiger charge is 2.33. The van der Waals surface area contributed by atoms with Crippen molar-refractivity contribution in [2.24, 2.45) is 5.92 Å².